The standard InChI is InChI=1S/C22H20BrClFN3O3S/c1-27(2)32(30,31)28(21-6-4-3-5-20(21)25)14-15-7-9-16(10-8-15)22(29)26-17-11-12-18(23)19(24)13-17/h3-13H,14H2,1-2H3,(H,26,29). The number of rotatable bonds is 7. The molecule has 0 bridgehead atoms. The molecule has 0 radical (unpaired) electrons. The van der Waals surface area contributed by atoms with E-state index in [0.717, 1.165) is 8.61 Å². The Morgan fingerprint density at radius 3 is 2.31 bits per heavy atom. The normalized spacial score (nSPS) is 11.4. The Bertz CT molecular complexity index is 1240. The van der Waals surface area contributed by atoms with Gasteiger partial charge in [-0.3, -0.25) is 9.10 Å². The number of nitrogens with zero attached hydrogens (tertiary/aromatic N) is 2. The maximum absolute atomic E-state index is 14.4. The van der Waals surface area contributed by atoms with Crippen LogP contribution in [0.25, 0.3) is 0 Å². The fourth-order valence-corrected chi connectivity index (χ4v) is 4.38. The van der Waals surface area contributed by atoms with Gasteiger partial charge in [-0.15, -0.1) is 0 Å². The highest BCUT2D eigenvalue weighted by molar-refractivity contribution is 9.10. The molecule has 1 amide bonds. The van der Waals surface area contributed by atoms with Crippen LogP contribution in [-0.4, -0.2) is 32.7 Å². The monoisotopic (exact) mass is 539 g/mol. The van der Waals surface area contributed by atoms with E-state index >= 15 is 0 Å². The van der Waals surface area contributed by atoms with Gasteiger partial charge in [0.15, 0.2) is 0 Å². The van der Waals surface area contributed by atoms with Crippen LogP contribution in [0.5, 0.6) is 0 Å². The van der Waals surface area contributed by atoms with Crippen molar-refractivity contribution in [1.82, 2.24) is 4.31 Å². The summed E-state index contributed by atoms with van der Waals surface area (Å²) in [4.78, 5) is 12.5. The topological polar surface area (TPSA) is 69.7 Å². The number of hydrogen-bond acceptors (Lipinski definition) is 3. The van der Waals surface area contributed by atoms with Crippen LogP contribution in [0.1, 0.15) is 15.9 Å². The summed E-state index contributed by atoms with van der Waals surface area (Å²) in [5.74, 6) is -0.996. The lowest BCUT2D eigenvalue weighted by Gasteiger charge is -2.27. The van der Waals surface area contributed by atoms with E-state index in [1.807, 2.05) is 0 Å². The molecule has 3 aromatic carbocycles. The summed E-state index contributed by atoms with van der Waals surface area (Å²) in [7, 11) is -1.20. The van der Waals surface area contributed by atoms with Gasteiger partial charge in [-0.25, -0.2) is 4.39 Å². The van der Waals surface area contributed by atoms with Gasteiger partial charge in [-0.2, -0.15) is 12.7 Å². The fourth-order valence-electron chi connectivity index (χ4n) is 2.85. The minimum atomic E-state index is -3.96. The molecule has 0 fully saturated rings. The van der Waals surface area contributed by atoms with Crippen molar-refractivity contribution in [3.05, 3.63) is 93.2 Å². The summed E-state index contributed by atoms with van der Waals surface area (Å²) in [6.07, 6.45) is 0. The largest absolute Gasteiger partial charge is 0.322 e. The van der Waals surface area contributed by atoms with Crippen LogP contribution in [0.3, 0.4) is 0 Å². The van der Waals surface area contributed by atoms with Gasteiger partial charge < -0.3 is 5.32 Å². The van der Waals surface area contributed by atoms with E-state index < -0.39 is 16.0 Å². The smallest absolute Gasteiger partial charge is 0.303 e. The molecule has 3 rings (SSSR count). The molecule has 0 aliphatic heterocycles. The molecule has 0 aliphatic carbocycles. The molecular weight excluding hydrogens is 521 g/mol. The number of carbonyl (C=O) groups is 1. The first kappa shape index (κ1) is 24.2. The number of amides is 1. The van der Waals surface area contributed by atoms with E-state index in [1.165, 1.54) is 32.3 Å². The number of halogens is 3. The van der Waals surface area contributed by atoms with Gasteiger partial charge >= 0.3 is 10.2 Å². The molecule has 32 heavy (non-hydrogen) atoms. The number of para-hydroxylation sites is 1. The second-order valence-electron chi connectivity index (χ2n) is 7.03. The number of carbonyl (C=O) groups excluding carboxylic acids is 1. The third-order valence-corrected chi connectivity index (χ3v) is 7.62. The van der Waals surface area contributed by atoms with E-state index in [4.69, 9.17) is 11.6 Å². The highest BCUT2D eigenvalue weighted by atomic mass is 79.9. The number of nitrogens with one attached hydrogen (secondary N) is 1. The van der Waals surface area contributed by atoms with Gasteiger partial charge in [0.1, 0.15) is 5.82 Å². The minimum absolute atomic E-state index is 0.0601. The van der Waals surface area contributed by atoms with Crippen LogP contribution in [0.4, 0.5) is 15.8 Å². The maximum atomic E-state index is 14.4. The molecule has 0 heterocycles. The average Bonchev–Trinajstić information content (AvgIpc) is 2.75. The summed E-state index contributed by atoms with van der Waals surface area (Å²) in [5, 5.41) is 3.22. The Hall–Kier alpha value is -2.46. The lowest BCUT2D eigenvalue weighted by molar-refractivity contribution is 0.102. The first-order valence-electron chi connectivity index (χ1n) is 9.39. The van der Waals surface area contributed by atoms with Crippen LogP contribution < -0.4 is 9.62 Å². The molecule has 0 unspecified atom stereocenters. The summed E-state index contributed by atoms with van der Waals surface area (Å²) in [5.41, 5.74) is 1.44. The first-order chi connectivity index (χ1) is 15.1. The van der Waals surface area contributed by atoms with Crippen molar-refractivity contribution in [2.75, 3.05) is 23.7 Å². The predicted molar refractivity (Wildman–Crippen MR) is 129 cm³/mol. The summed E-state index contributed by atoms with van der Waals surface area (Å²) < 4.78 is 42.7. The zero-order chi connectivity index (χ0) is 23.5. The van der Waals surface area contributed by atoms with Crippen molar-refractivity contribution < 1.29 is 17.6 Å². The van der Waals surface area contributed by atoms with Crippen LogP contribution in [0, 0.1) is 5.82 Å². The fraction of sp³-hybridized carbons (Fsp3) is 0.136. The van der Waals surface area contributed by atoms with Crippen LogP contribution in [0.15, 0.2) is 71.2 Å². The number of benzene rings is 3. The molecule has 1 N–H and O–H groups in total. The molecule has 0 aromatic heterocycles. The summed E-state index contributed by atoms with van der Waals surface area (Å²) >= 11 is 9.35. The summed E-state index contributed by atoms with van der Waals surface area (Å²) in [6.45, 7) is -0.105. The predicted octanol–water partition coefficient (Wildman–Crippen LogP) is 5.31. The average molecular weight is 541 g/mol. The van der Waals surface area contributed by atoms with Crippen molar-refractivity contribution in [2.24, 2.45) is 0 Å². The van der Waals surface area contributed by atoms with E-state index in [0.29, 0.717) is 26.3 Å². The Morgan fingerprint density at radius 2 is 1.72 bits per heavy atom. The lowest BCUT2D eigenvalue weighted by Crippen LogP contribution is -2.40. The van der Waals surface area contributed by atoms with Crippen LogP contribution >= 0.6 is 27.5 Å². The van der Waals surface area contributed by atoms with Crippen molar-refractivity contribution in [1.29, 1.82) is 0 Å². The van der Waals surface area contributed by atoms with Gasteiger partial charge in [0.05, 0.1) is 17.3 Å². The summed E-state index contributed by atoms with van der Waals surface area (Å²) in [6, 6.07) is 17.1. The van der Waals surface area contributed by atoms with Crippen molar-refractivity contribution in [2.45, 2.75) is 6.54 Å². The molecule has 0 saturated heterocycles. The highest BCUT2D eigenvalue weighted by Crippen LogP contribution is 2.27. The van der Waals surface area contributed by atoms with Gasteiger partial charge in [-0.1, -0.05) is 35.9 Å². The van der Waals surface area contributed by atoms with Crippen molar-refractivity contribution in [3.63, 3.8) is 0 Å². The molecular formula is C22H20BrClFN3O3S. The Balaban J connectivity index is 1.82. The molecule has 3 aromatic rings. The van der Waals surface area contributed by atoms with E-state index in [-0.39, 0.29) is 18.1 Å². The van der Waals surface area contributed by atoms with Crippen LogP contribution in [-0.2, 0) is 16.8 Å². The highest BCUT2D eigenvalue weighted by Gasteiger charge is 2.27. The third kappa shape index (κ3) is 5.47. The van der Waals surface area contributed by atoms with E-state index in [1.54, 1.807) is 48.5 Å². The molecule has 0 aliphatic rings. The zero-order valence-electron chi connectivity index (χ0n) is 17.2. The second-order valence-corrected chi connectivity index (χ2v) is 10.4. The Morgan fingerprint density at radius 1 is 1.06 bits per heavy atom. The van der Waals surface area contributed by atoms with Crippen molar-refractivity contribution in [3.8, 4) is 0 Å². The molecule has 6 nitrogen and oxygen atoms in total. The second kappa shape index (κ2) is 9.99. The third-order valence-electron chi connectivity index (χ3n) is 4.58. The van der Waals surface area contributed by atoms with Gasteiger partial charge in [0.25, 0.3) is 5.91 Å². The Labute approximate surface area is 199 Å². The van der Waals surface area contributed by atoms with E-state index in [2.05, 4.69) is 21.2 Å². The van der Waals surface area contributed by atoms with Crippen LogP contribution in [0.2, 0.25) is 5.02 Å². The molecule has 0 atom stereocenters. The van der Waals surface area contributed by atoms with Gasteiger partial charge in [0.2, 0.25) is 0 Å². The van der Waals surface area contributed by atoms with Crippen molar-refractivity contribution >= 4 is 55.0 Å². The zero-order valence-corrected chi connectivity index (χ0v) is 20.4. The quantitative estimate of drug-likeness (QED) is 0.442. The van der Waals surface area contributed by atoms with E-state index in [9.17, 15) is 17.6 Å². The molecule has 0 saturated carbocycles. The molecule has 10 heteroatoms. The minimum Gasteiger partial charge on any atom is -0.322 e. The molecule has 0 spiro atoms. The van der Waals surface area contributed by atoms with Gasteiger partial charge in [0, 0.05) is 29.8 Å². The Kier molecular flexibility index (Phi) is 7.55. The SMILES string of the molecule is CN(C)S(=O)(=O)N(Cc1ccc(C(=O)Nc2ccc(Br)c(Cl)c2)cc1)c1ccccc1F. The van der Waals surface area contributed by atoms with Gasteiger partial charge in [-0.05, 0) is 64.0 Å². The maximum Gasteiger partial charge on any atom is 0.303 e. The lowest BCUT2D eigenvalue weighted by atomic mass is 10.1. The number of anilines is 2. The molecule has 168 valence electrons. The first-order valence-corrected chi connectivity index (χ1v) is 12.0. The number of hydrogen-bond donors (Lipinski definition) is 1.